The summed E-state index contributed by atoms with van der Waals surface area (Å²) in [5.74, 6) is 1.38. The zero-order chi connectivity index (χ0) is 20.7. The number of hydrogen-bond acceptors (Lipinski definition) is 4. The molecule has 0 radical (unpaired) electrons. The van der Waals surface area contributed by atoms with E-state index in [-0.39, 0.29) is 41.5 Å². The fourth-order valence-corrected chi connectivity index (χ4v) is 4.46. The lowest BCUT2D eigenvalue weighted by Gasteiger charge is -2.32. The van der Waals surface area contributed by atoms with Crippen LogP contribution in [0.4, 0.5) is 4.79 Å². The van der Waals surface area contributed by atoms with Crippen molar-refractivity contribution < 1.29 is 14.3 Å². The minimum Gasteiger partial charge on any atom is -0.497 e. The number of benzene rings is 1. The minimum absolute atomic E-state index is 0. The van der Waals surface area contributed by atoms with Crippen LogP contribution in [0.25, 0.3) is 0 Å². The number of hydrogen-bond donors (Lipinski definition) is 2. The van der Waals surface area contributed by atoms with E-state index in [1.54, 1.807) is 12.0 Å². The summed E-state index contributed by atoms with van der Waals surface area (Å²) >= 11 is 0. The third-order valence-electron chi connectivity index (χ3n) is 6.17. The summed E-state index contributed by atoms with van der Waals surface area (Å²) in [5, 5.41) is 3.35. The minimum atomic E-state index is -0.228. The molecule has 8 heteroatoms. The van der Waals surface area contributed by atoms with Gasteiger partial charge in [0, 0.05) is 24.5 Å². The van der Waals surface area contributed by atoms with Gasteiger partial charge in [0.25, 0.3) is 0 Å². The van der Waals surface area contributed by atoms with E-state index in [9.17, 15) is 4.79 Å². The van der Waals surface area contributed by atoms with E-state index in [0.717, 1.165) is 31.4 Å². The largest absolute Gasteiger partial charge is 0.497 e. The topological polar surface area (TPSA) is 89.2 Å². The first-order valence-corrected chi connectivity index (χ1v) is 10.7. The van der Waals surface area contributed by atoms with Gasteiger partial charge in [0.05, 0.1) is 20.3 Å². The van der Waals surface area contributed by atoms with Crippen LogP contribution in [-0.2, 0) is 10.2 Å². The molecule has 1 saturated carbocycles. The zero-order valence-electron chi connectivity index (χ0n) is 18.1. The molecule has 0 atom stereocenters. The number of rotatable bonds is 6. The monoisotopic (exact) mass is 530 g/mol. The summed E-state index contributed by atoms with van der Waals surface area (Å²) in [7, 11) is 1.70. The molecular weight excluding hydrogens is 495 g/mol. The normalized spacial score (nSPS) is 19.1. The number of piperidine rings is 1. The average Bonchev–Trinajstić information content (AvgIpc) is 3.23. The van der Waals surface area contributed by atoms with E-state index in [1.165, 1.54) is 18.4 Å². The number of nitrogens with two attached hydrogens (primary N) is 1. The van der Waals surface area contributed by atoms with Crippen LogP contribution in [0.5, 0.6) is 5.75 Å². The molecule has 30 heavy (non-hydrogen) atoms. The molecule has 7 nitrogen and oxygen atoms in total. The quantitative estimate of drug-likeness (QED) is 0.333. The molecule has 2 aliphatic rings. The van der Waals surface area contributed by atoms with Crippen LogP contribution < -0.4 is 15.8 Å². The Morgan fingerprint density at radius 2 is 2.00 bits per heavy atom. The number of aliphatic imine (C=N–C) groups is 1. The Kier molecular flexibility index (Phi) is 9.51. The summed E-state index contributed by atoms with van der Waals surface area (Å²) in [6, 6.07) is 8.58. The number of halogens is 1. The Bertz CT molecular complexity index is 714. The van der Waals surface area contributed by atoms with Crippen molar-refractivity contribution in [3.8, 4) is 5.75 Å². The highest BCUT2D eigenvalue weighted by Gasteiger charge is 2.36. The van der Waals surface area contributed by atoms with Gasteiger partial charge in [0.15, 0.2) is 5.96 Å². The number of carbonyl (C=O) groups is 1. The molecule has 1 saturated heterocycles. The van der Waals surface area contributed by atoms with Crippen LogP contribution in [0.1, 0.15) is 51.0 Å². The summed E-state index contributed by atoms with van der Waals surface area (Å²) in [5.41, 5.74) is 7.55. The Balaban J connectivity index is 0.00000320. The van der Waals surface area contributed by atoms with Crippen LogP contribution in [0.2, 0.25) is 0 Å². The van der Waals surface area contributed by atoms with Gasteiger partial charge >= 0.3 is 6.09 Å². The maximum atomic E-state index is 11.8. The van der Waals surface area contributed by atoms with Crippen molar-refractivity contribution in [2.24, 2.45) is 10.7 Å². The number of likely N-dealkylation sites (tertiary alicyclic amines) is 1. The fraction of sp³-hybridized carbons (Fsp3) is 0.636. The first-order valence-electron chi connectivity index (χ1n) is 10.7. The van der Waals surface area contributed by atoms with Gasteiger partial charge in [-0.25, -0.2) is 4.79 Å². The maximum Gasteiger partial charge on any atom is 0.409 e. The summed E-state index contributed by atoms with van der Waals surface area (Å²) in [6.07, 6.45) is 6.13. The second kappa shape index (κ2) is 11.6. The van der Waals surface area contributed by atoms with Crippen molar-refractivity contribution >= 4 is 36.0 Å². The average molecular weight is 530 g/mol. The summed E-state index contributed by atoms with van der Waals surface area (Å²) < 4.78 is 10.5. The Morgan fingerprint density at radius 3 is 2.63 bits per heavy atom. The highest BCUT2D eigenvalue weighted by atomic mass is 127. The van der Waals surface area contributed by atoms with Crippen LogP contribution in [0.3, 0.4) is 0 Å². The zero-order valence-corrected chi connectivity index (χ0v) is 20.4. The number of nitrogens with one attached hydrogen (secondary N) is 1. The number of nitrogens with zero attached hydrogens (tertiary/aromatic N) is 2. The standard InChI is InChI=1S/C22H34N4O3.HI/c1-3-29-21(27)26-13-9-18(10-14-26)25-20(23)24-16-22(11-4-5-12-22)17-7-6-8-19(15-17)28-2;/h6-8,15,18H,3-5,9-14,16H2,1-2H3,(H3,23,24,25);1H. The number of carbonyl (C=O) groups excluding carboxylic acids is 1. The van der Waals surface area contributed by atoms with Crippen molar-refractivity contribution in [2.45, 2.75) is 56.9 Å². The lowest BCUT2D eigenvalue weighted by atomic mass is 9.79. The Labute approximate surface area is 196 Å². The third-order valence-corrected chi connectivity index (χ3v) is 6.17. The van der Waals surface area contributed by atoms with Crippen LogP contribution in [0.15, 0.2) is 29.3 Å². The molecule has 2 fully saturated rings. The predicted molar refractivity (Wildman–Crippen MR) is 130 cm³/mol. The molecule has 1 aliphatic heterocycles. The number of amides is 1. The first kappa shape index (κ1) is 24.6. The molecular formula is C22H35IN4O3. The van der Waals surface area contributed by atoms with Crippen molar-refractivity contribution in [3.63, 3.8) is 0 Å². The van der Waals surface area contributed by atoms with Gasteiger partial charge in [-0.15, -0.1) is 24.0 Å². The number of ether oxygens (including phenoxy) is 2. The summed E-state index contributed by atoms with van der Waals surface area (Å²) in [6.45, 7) is 4.27. The SMILES string of the molecule is CCOC(=O)N1CCC(NC(N)=NCC2(c3cccc(OC)c3)CCCC2)CC1.I. The van der Waals surface area contributed by atoms with Gasteiger partial charge in [-0.05, 0) is 50.3 Å². The van der Waals surface area contributed by atoms with Gasteiger partial charge < -0.3 is 25.4 Å². The van der Waals surface area contributed by atoms with Crippen LogP contribution in [0, 0.1) is 0 Å². The second-order valence-electron chi connectivity index (χ2n) is 8.03. The molecule has 1 amide bonds. The van der Waals surface area contributed by atoms with E-state index in [1.807, 2.05) is 13.0 Å². The van der Waals surface area contributed by atoms with E-state index in [4.69, 9.17) is 20.2 Å². The van der Waals surface area contributed by atoms with Crippen molar-refractivity contribution in [3.05, 3.63) is 29.8 Å². The van der Waals surface area contributed by atoms with E-state index in [2.05, 4.69) is 23.5 Å². The van der Waals surface area contributed by atoms with Crippen molar-refractivity contribution in [1.82, 2.24) is 10.2 Å². The highest BCUT2D eigenvalue weighted by molar-refractivity contribution is 14.0. The Hall–Kier alpha value is -1.71. The number of guanidine groups is 1. The lowest BCUT2D eigenvalue weighted by molar-refractivity contribution is 0.0963. The van der Waals surface area contributed by atoms with Crippen molar-refractivity contribution in [1.29, 1.82) is 0 Å². The Morgan fingerprint density at radius 1 is 1.30 bits per heavy atom. The van der Waals surface area contributed by atoms with Crippen LogP contribution >= 0.6 is 24.0 Å². The lowest BCUT2D eigenvalue weighted by Crippen LogP contribution is -2.48. The number of methoxy groups -OCH3 is 1. The molecule has 3 rings (SSSR count). The predicted octanol–water partition coefficient (Wildman–Crippen LogP) is 3.65. The molecule has 0 spiro atoms. The molecule has 3 N–H and O–H groups in total. The first-order chi connectivity index (χ1) is 14.1. The molecule has 0 bridgehead atoms. The fourth-order valence-electron chi connectivity index (χ4n) is 4.46. The van der Waals surface area contributed by atoms with Crippen LogP contribution in [-0.4, -0.2) is 56.3 Å². The maximum absolute atomic E-state index is 11.8. The smallest absolute Gasteiger partial charge is 0.409 e. The molecule has 1 aromatic rings. The molecule has 0 unspecified atom stereocenters. The van der Waals surface area contributed by atoms with E-state index < -0.39 is 0 Å². The van der Waals surface area contributed by atoms with E-state index in [0.29, 0.717) is 32.2 Å². The van der Waals surface area contributed by atoms with Gasteiger partial charge in [-0.2, -0.15) is 0 Å². The van der Waals surface area contributed by atoms with E-state index >= 15 is 0 Å². The molecule has 1 heterocycles. The molecule has 168 valence electrons. The van der Waals surface area contributed by atoms with Gasteiger partial charge in [0.1, 0.15) is 5.75 Å². The molecule has 1 aromatic carbocycles. The summed E-state index contributed by atoms with van der Waals surface area (Å²) in [4.78, 5) is 18.3. The van der Waals surface area contributed by atoms with Crippen molar-refractivity contribution in [2.75, 3.05) is 33.4 Å². The third kappa shape index (κ3) is 6.15. The molecule has 0 aromatic heterocycles. The van der Waals surface area contributed by atoms with Gasteiger partial charge in [0.2, 0.25) is 0 Å². The molecule has 1 aliphatic carbocycles. The second-order valence-corrected chi connectivity index (χ2v) is 8.03. The van der Waals surface area contributed by atoms with Gasteiger partial charge in [-0.1, -0.05) is 25.0 Å². The highest BCUT2D eigenvalue weighted by Crippen LogP contribution is 2.42. The van der Waals surface area contributed by atoms with Gasteiger partial charge in [-0.3, -0.25) is 4.99 Å².